The summed E-state index contributed by atoms with van der Waals surface area (Å²) in [6.07, 6.45) is 4.32. The maximum atomic E-state index is 12.8. The van der Waals surface area contributed by atoms with Crippen molar-refractivity contribution in [3.8, 4) is 0 Å². The molecule has 3 rings (SSSR count). The number of carbonyl (C=O) groups excluding carboxylic acids is 1. The van der Waals surface area contributed by atoms with Gasteiger partial charge >= 0.3 is 5.97 Å². The van der Waals surface area contributed by atoms with Crippen molar-refractivity contribution in [1.29, 1.82) is 0 Å². The monoisotopic (exact) mass is 402 g/mol. The van der Waals surface area contributed by atoms with Crippen molar-refractivity contribution in [2.24, 2.45) is 0 Å². The minimum absolute atomic E-state index is 0.111. The van der Waals surface area contributed by atoms with Crippen molar-refractivity contribution < 1.29 is 9.53 Å². The fourth-order valence-corrected chi connectivity index (χ4v) is 4.36. The molecule has 1 aromatic carbocycles. The van der Waals surface area contributed by atoms with E-state index in [2.05, 4.69) is 17.1 Å². The number of rotatable bonds is 8. The van der Waals surface area contributed by atoms with E-state index in [1.165, 1.54) is 33.2 Å². The first kappa shape index (κ1) is 19.6. The minimum atomic E-state index is -0.410. The molecule has 27 heavy (non-hydrogen) atoms. The van der Waals surface area contributed by atoms with Gasteiger partial charge in [-0.05, 0) is 37.1 Å². The fraction of sp³-hybridized carbons (Fsp3) is 0.350. The average molecular weight is 403 g/mol. The summed E-state index contributed by atoms with van der Waals surface area (Å²) in [4.78, 5) is 31.4. The van der Waals surface area contributed by atoms with E-state index >= 15 is 0 Å². The quantitative estimate of drug-likeness (QED) is 0.247. The third-order valence-electron chi connectivity index (χ3n) is 4.20. The normalized spacial score (nSPS) is 11.0. The molecular weight excluding hydrogens is 380 g/mol. The summed E-state index contributed by atoms with van der Waals surface area (Å²) >= 11 is 2.89. The lowest BCUT2D eigenvalue weighted by Crippen LogP contribution is -2.27. The van der Waals surface area contributed by atoms with Gasteiger partial charge in [-0.2, -0.15) is 0 Å². The van der Waals surface area contributed by atoms with Gasteiger partial charge in [0.1, 0.15) is 11.4 Å². The molecule has 3 aromatic rings. The Labute approximate surface area is 166 Å². The van der Waals surface area contributed by atoms with Gasteiger partial charge in [-0.3, -0.25) is 14.2 Å². The van der Waals surface area contributed by atoms with Gasteiger partial charge in [0.2, 0.25) is 0 Å². The molecule has 0 fully saturated rings. The molecule has 0 saturated carbocycles. The van der Waals surface area contributed by atoms with Gasteiger partial charge in [0, 0.05) is 4.88 Å². The molecule has 142 valence electrons. The smallest absolute Gasteiger partial charge is 0.326 e. The van der Waals surface area contributed by atoms with E-state index in [-0.39, 0.29) is 12.1 Å². The number of aryl methyl sites for hydroxylation is 2. The van der Waals surface area contributed by atoms with Gasteiger partial charge in [-0.1, -0.05) is 49.0 Å². The van der Waals surface area contributed by atoms with Crippen molar-refractivity contribution in [3.05, 3.63) is 57.2 Å². The van der Waals surface area contributed by atoms with Crippen LogP contribution in [-0.2, 0) is 28.9 Å². The fourth-order valence-electron chi connectivity index (χ4n) is 2.80. The molecule has 7 heteroatoms. The maximum absolute atomic E-state index is 12.8. The van der Waals surface area contributed by atoms with Crippen LogP contribution in [0.4, 0.5) is 0 Å². The van der Waals surface area contributed by atoms with E-state index in [1.54, 1.807) is 0 Å². The maximum Gasteiger partial charge on any atom is 0.326 e. The molecule has 0 N–H and O–H groups in total. The number of nitrogens with zero attached hydrogens (tertiary/aromatic N) is 2. The van der Waals surface area contributed by atoms with Gasteiger partial charge in [-0.15, -0.1) is 11.3 Å². The third kappa shape index (κ3) is 4.78. The average Bonchev–Trinajstić information content (AvgIpc) is 3.11. The molecule has 2 aromatic heterocycles. The zero-order chi connectivity index (χ0) is 19.2. The van der Waals surface area contributed by atoms with Crippen LogP contribution in [0.5, 0.6) is 0 Å². The van der Waals surface area contributed by atoms with Gasteiger partial charge < -0.3 is 4.74 Å². The Kier molecular flexibility index (Phi) is 6.68. The molecule has 0 atom stereocenters. The summed E-state index contributed by atoms with van der Waals surface area (Å²) in [5, 5.41) is 1.12. The highest BCUT2D eigenvalue weighted by molar-refractivity contribution is 7.98. The lowest BCUT2D eigenvalue weighted by molar-refractivity contribution is -0.144. The number of esters is 1. The second-order valence-electron chi connectivity index (χ2n) is 6.08. The van der Waals surface area contributed by atoms with Crippen LogP contribution in [0.2, 0.25) is 0 Å². The number of hydrogen-bond donors (Lipinski definition) is 0. The van der Waals surface area contributed by atoms with Crippen LogP contribution in [0, 0.1) is 0 Å². The van der Waals surface area contributed by atoms with E-state index in [0.717, 1.165) is 29.0 Å². The first-order chi connectivity index (χ1) is 13.1. The van der Waals surface area contributed by atoms with Gasteiger partial charge in [0.25, 0.3) is 5.56 Å². The summed E-state index contributed by atoms with van der Waals surface area (Å²) in [5.41, 5.74) is 1.04. The third-order valence-corrected chi connectivity index (χ3v) is 6.05. The molecule has 2 heterocycles. The van der Waals surface area contributed by atoms with Gasteiger partial charge in [0.15, 0.2) is 5.16 Å². The predicted octanol–water partition coefficient (Wildman–Crippen LogP) is 3.92. The summed E-state index contributed by atoms with van der Waals surface area (Å²) in [7, 11) is 0. The van der Waals surface area contributed by atoms with Crippen LogP contribution in [-0.4, -0.2) is 28.4 Å². The Balaban J connectivity index is 1.65. The molecule has 5 nitrogen and oxygen atoms in total. The number of carbonyl (C=O) groups is 1. The molecule has 0 unspecified atom stereocenters. The Bertz CT molecular complexity index is 980. The number of hydrogen-bond acceptors (Lipinski definition) is 6. The summed E-state index contributed by atoms with van der Waals surface area (Å²) < 4.78 is 6.74. The standard InChI is InChI=1S/C20H22N2O3S2/c1-3-15-12-16-18(27-15)21-20(26-2)22(19(16)24)13-17(23)25-11-7-10-14-8-5-4-6-9-14/h4-6,8-9,12H,3,7,10-11,13H2,1-2H3. The number of thioether (sulfide) groups is 1. The lowest BCUT2D eigenvalue weighted by Gasteiger charge is -2.10. The highest BCUT2D eigenvalue weighted by Crippen LogP contribution is 2.24. The Hall–Kier alpha value is -2.12. The van der Waals surface area contributed by atoms with Crippen LogP contribution >= 0.6 is 23.1 Å². The van der Waals surface area contributed by atoms with E-state index in [1.807, 2.05) is 37.4 Å². The molecule has 0 aliphatic heterocycles. The van der Waals surface area contributed by atoms with Crippen LogP contribution in [0.1, 0.15) is 23.8 Å². The summed E-state index contributed by atoms with van der Waals surface area (Å²) in [6.45, 7) is 2.28. The lowest BCUT2D eigenvalue weighted by atomic mass is 10.1. The molecule has 0 aliphatic rings. The van der Waals surface area contributed by atoms with Crippen molar-refractivity contribution in [2.45, 2.75) is 37.9 Å². The van der Waals surface area contributed by atoms with Crippen molar-refractivity contribution >= 4 is 39.3 Å². The SMILES string of the molecule is CCc1cc2c(=O)n(CC(=O)OCCCc3ccccc3)c(SC)nc2s1. The molecule has 0 saturated heterocycles. The molecular formula is C20H22N2O3S2. The number of thiophene rings is 1. The van der Waals surface area contributed by atoms with Gasteiger partial charge in [-0.25, -0.2) is 4.98 Å². The highest BCUT2D eigenvalue weighted by Gasteiger charge is 2.16. The number of aromatic nitrogens is 2. The van der Waals surface area contributed by atoms with E-state index in [4.69, 9.17) is 4.74 Å². The number of fused-ring (bicyclic) bond motifs is 1. The molecule has 0 aliphatic carbocycles. The second kappa shape index (κ2) is 9.19. The summed E-state index contributed by atoms with van der Waals surface area (Å²) in [6, 6.07) is 12.0. The first-order valence-corrected chi connectivity index (χ1v) is 10.9. The summed E-state index contributed by atoms with van der Waals surface area (Å²) in [5.74, 6) is -0.410. The Morgan fingerprint density at radius 2 is 2.07 bits per heavy atom. The Morgan fingerprint density at radius 1 is 1.30 bits per heavy atom. The number of ether oxygens (including phenoxy) is 1. The van der Waals surface area contributed by atoms with Crippen molar-refractivity contribution in [1.82, 2.24) is 9.55 Å². The predicted molar refractivity (Wildman–Crippen MR) is 111 cm³/mol. The van der Waals surface area contributed by atoms with Crippen molar-refractivity contribution in [3.63, 3.8) is 0 Å². The van der Waals surface area contributed by atoms with E-state index < -0.39 is 5.97 Å². The largest absolute Gasteiger partial charge is 0.464 e. The van der Waals surface area contributed by atoms with Crippen LogP contribution in [0.3, 0.4) is 0 Å². The number of benzene rings is 1. The van der Waals surface area contributed by atoms with Crippen molar-refractivity contribution in [2.75, 3.05) is 12.9 Å². The van der Waals surface area contributed by atoms with Crippen LogP contribution < -0.4 is 5.56 Å². The van der Waals surface area contributed by atoms with E-state index in [9.17, 15) is 9.59 Å². The van der Waals surface area contributed by atoms with E-state index in [0.29, 0.717) is 17.1 Å². The zero-order valence-electron chi connectivity index (χ0n) is 15.4. The molecule has 0 bridgehead atoms. The minimum Gasteiger partial charge on any atom is -0.464 e. The topological polar surface area (TPSA) is 61.2 Å². The molecule has 0 amide bonds. The van der Waals surface area contributed by atoms with Crippen LogP contribution in [0.15, 0.2) is 46.3 Å². The van der Waals surface area contributed by atoms with Crippen LogP contribution in [0.25, 0.3) is 10.2 Å². The molecule has 0 radical (unpaired) electrons. The molecule has 0 spiro atoms. The zero-order valence-corrected chi connectivity index (χ0v) is 17.1. The van der Waals surface area contributed by atoms with Gasteiger partial charge in [0.05, 0.1) is 12.0 Å². The Morgan fingerprint density at radius 3 is 2.78 bits per heavy atom. The highest BCUT2D eigenvalue weighted by atomic mass is 32.2. The first-order valence-electron chi connectivity index (χ1n) is 8.89. The second-order valence-corrected chi connectivity index (χ2v) is 7.97.